The first kappa shape index (κ1) is 16.1. The van der Waals surface area contributed by atoms with Crippen LogP contribution in [0.15, 0.2) is 34.8 Å². The first-order valence-corrected chi connectivity index (χ1v) is 8.74. The molecule has 2 heterocycles. The van der Waals surface area contributed by atoms with E-state index in [-0.39, 0.29) is 11.7 Å². The maximum Gasteiger partial charge on any atom is 0.264 e. The summed E-state index contributed by atoms with van der Waals surface area (Å²) in [7, 11) is 0. The minimum atomic E-state index is -0.258. The number of carbonyl (C=O) groups excluding carboxylic acids is 2. The average Bonchev–Trinajstić information content (AvgIpc) is 2.95. The third kappa shape index (κ3) is 3.45. The average molecular weight is 397 g/mol. The zero-order chi connectivity index (χ0) is 16.4. The molecule has 0 atom stereocenters. The van der Waals surface area contributed by atoms with Gasteiger partial charge in [0.2, 0.25) is 0 Å². The van der Waals surface area contributed by atoms with E-state index >= 15 is 0 Å². The summed E-state index contributed by atoms with van der Waals surface area (Å²) < 4.78 is 14.0. The molecule has 1 aliphatic heterocycles. The first-order valence-electron chi connectivity index (χ1n) is 7.13. The number of hydrogen-bond donors (Lipinski definition) is 0. The Morgan fingerprint density at radius 2 is 1.96 bits per heavy atom. The fraction of sp³-hybridized carbons (Fsp3) is 0.250. The Labute approximate surface area is 145 Å². The standard InChI is InChI=1S/C16H14BrFN2O2S/c17-13-9-14(23-15(13)10-21)16(22)20-6-4-19(5-7-20)12-3-1-2-11(18)8-12/h1-3,8-10H,4-7H2. The van der Waals surface area contributed by atoms with Crippen LogP contribution in [0.2, 0.25) is 0 Å². The second-order valence-electron chi connectivity index (χ2n) is 5.20. The van der Waals surface area contributed by atoms with Gasteiger partial charge in [-0.15, -0.1) is 11.3 Å². The van der Waals surface area contributed by atoms with Gasteiger partial charge in [-0.25, -0.2) is 4.39 Å². The lowest BCUT2D eigenvalue weighted by molar-refractivity contribution is 0.0751. The normalized spacial score (nSPS) is 14.9. The number of rotatable bonds is 3. The van der Waals surface area contributed by atoms with Gasteiger partial charge in [-0.05, 0) is 40.2 Å². The van der Waals surface area contributed by atoms with Crippen molar-refractivity contribution in [2.75, 3.05) is 31.1 Å². The van der Waals surface area contributed by atoms with Crippen LogP contribution in [0.25, 0.3) is 0 Å². The molecule has 1 aromatic carbocycles. The molecular formula is C16H14BrFN2O2S. The molecule has 0 radical (unpaired) electrons. The molecule has 0 aliphatic carbocycles. The summed E-state index contributed by atoms with van der Waals surface area (Å²) in [6.45, 7) is 2.45. The Hall–Kier alpha value is -1.73. The molecule has 23 heavy (non-hydrogen) atoms. The predicted octanol–water partition coefficient (Wildman–Crippen LogP) is 3.42. The summed E-state index contributed by atoms with van der Waals surface area (Å²) >= 11 is 4.47. The number of amides is 1. The van der Waals surface area contributed by atoms with Gasteiger partial charge in [-0.2, -0.15) is 0 Å². The predicted molar refractivity (Wildman–Crippen MR) is 91.9 cm³/mol. The number of hydrogen-bond acceptors (Lipinski definition) is 4. The van der Waals surface area contributed by atoms with E-state index in [2.05, 4.69) is 20.8 Å². The van der Waals surface area contributed by atoms with Crippen molar-refractivity contribution in [1.29, 1.82) is 0 Å². The Morgan fingerprint density at radius 1 is 1.22 bits per heavy atom. The van der Waals surface area contributed by atoms with Crippen LogP contribution < -0.4 is 4.90 Å². The van der Waals surface area contributed by atoms with Crippen LogP contribution in [0.3, 0.4) is 0 Å². The topological polar surface area (TPSA) is 40.6 Å². The lowest BCUT2D eigenvalue weighted by Gasteiger charge is -2.36. The van der Waals surface area contributed by atoms with Crippen molar-refractivity contribution >= 4 is 45.1 Å². The van der Waals surface area contributed by atoms with Crippen molar-refractivity contribution in [3.63, 3.8) is 0 Å². The van der Waals surface area contributed by atoms with Crippen molar-refractivity contribution in [3.05, 3.63) is 50.4 Å². The Bertz CT molecular complexity index is 741. The van der Waals surface area contributed by atoms with Gasteiger partial charge in [-0.1, -0.05) is 6.07 Å². The van der Waals surface area contributed by atoms with Gasteiger partial charge in [0.1, 0.15) is 5.82 Å². The second-order valence-corrected chi connectivity index (χ2v) is 7.14. The van der Waals surface area contributed by atoms with Crippen molar-refractivity contribution in [2.24, 2.45) is 0 Å². The molecule has 1 saturated heterocycles. The number of halogens is 2. The molecule has 4 nitrogen and oxygen atoms in total. The van der Waals surface area contributed by atoms with E-state index in [4.69, 9.17) is 0 Å². The van der Waals surface area contributed by atoms with Gasteiger partial charge in [0.15, 0.2) is 6.29 Å². The summed E-state index contributed by atoms with van der Waals surface area (Å²) in [6.07, 6.45) is 0.743. The molecule has 3 rings (SSSR count). The van der Waals surface area contributed by atoms with Gasteiger partial charge in [0.05, 0.1) is 9.75 Å². The van der Waals surface area contributed by atoms with Gasteiger partial charge in [0.25, 0.3) is 5.91 Å². The lowest BCUT2D eigenvalue weighted by Crippen LogP contribution is -2.48. The maximum absolute atomic E-state index is 13.3. The highest BCUT2D eigenvalue weighted by Crippen LogP contribution is 2.27. The third-order valence-electron chi connectivity index (χ3n) is 3.77. The molecule has 1 aliphatic rings. The third-order valence-corrected chi connectivity index (χ3v) is 5.74. The van der Waals surface area contributed by atoms with Crippen molar-refractivity contribution in [1.82, 2.24) is 4.90 Å². The molecule has 1 aromatic heterocycles. The van der Waals surface area contributed by atoms with Crippen LogP contribution >= 0.6 is 27.3 Å². The van der Waals surface area contributed by atoms with E-state index in [9.17, 15) is 14.0 Å². The molecule has 0 bridgehead atoms. The number of piperazine rings is 1. The van der Waals surface area contributed by atoms with E-state index in [0.29, 0.717) is 40.4 Å². The van der Waals surface area contributed by atoms with Gasteiger partial charge in [0, 0.05) is 36.3 Å². The molecule has 1 amide bonds. The SMILES string of the molecule is O=Cc1sc(C(=O)N2CCN(c3cccc(F)c3)CC2)cc1Br. The monoisotopic (exact) mass is 396 g/mol. The zero-order valence-corrected chi connectivity index (χ0v) is 14.6. The van der Waals surface area contributed by atoms with Gasteiger partial charge >= 0.3 is 0 Å². The van der Waals surface area contributed by atoms with Crippen molar-refractivity contribution in [2.45, 2.75) is 0 Å². The largest absolute Gasteiger partial charge is 0.368 e. The smallest absolute Gasteiger partial charge is 0.264 e. The number of thiophene rings is 1. The lowest BCUT2D eigenvalue weighted by atomic mass is 10.2. The van der Waals surface area contributed by atoms with Crippen LogP contribution in [-0.2, 0) is 0 Å². The first-order chi connectivity index (χ1) is 11.1. The minimum absolute atomic E-state index is 0.0670. The number of nitrogens with zero attached hydrogens (tertiary/aromatic N) is 2. The quantitative estimate of drug-likeness (QED) is 0.746. The molecule has 1 fully saturated rings. The maximum atomic E-state index is 13.3. The highest BCUT2D eigenvalue weighted by molar-refractivity contribution is 9.10. The van der Waals surface area contributed by atoms with E-state index in [1.165, 1.54) is 23.5 Å². The summed E-state index contributed by atoms with van der Waals surface area (Å²) in [4.78, 5) is 28.3. The molecule has 0 saturated carbocycles. The highest BCUT2D eigenvalue weighted by atomic mass is 79.9. The van der Waals surface area contributed by atoms with E-state index in [0.717, 1.165) is 12.0 Å². The molecule has 0 spiro atoms. The summed E-state index contributed by atoms with van der Waals surface area (Å²) in [5, 5.41) is 0. The molecule has 0 N–H and O–H groups in total. The van der Waals surface area contributed by atoms with Crippen molar-refractivity contribution < 1.29 is 14.0 Å². The van der Waals surface area contributed by atoms with E-state index < -0.39 is 0 Å². The number of carbonyl (C=O) groups is 2. The Balaban J connectivity index is 1.66. The highest BCUT2D eigenvalue weighted by Gasteiger charge is 2.24. The minimum Gasteiger partial charge on any atom is -0.368 e. The molecule has 7 heteroatoms. The number of aldehydes is 1. The number of benzene rings is 1. The Morgan fingerprint density at radius 3 is 2.57 bits per heavy atom. The molecular weight excluding hydrogens is 383 g/mol. The van der Waals surface area contributed by atoms with E-state index in [1.807, 2.05) is 6.07 Å². The van der Waals surface area contributed by atoms with Crippen LogP contribution in [0.5, 0.6) is 0 Å². The van der Waals surface area contributed by atoms with E-state index in [1.54, 1.807) is 17.0 Å². The zero-order valence-electron chi connectivity index (χ0n) is 12.2. The fourth-order valence-corrected chi connectivity index (χ4v) is 4.12. The molecule has 120 valence electrons. The van der Waals surface area contributed by atoms with Gasteiger partial charge in [-0.3, -0.25) is 9.59 Å². The Kier molecular flexibility index (Phi) is 4.77. The molecule has 0 unspecified atom stereocenters. The van der Waals surface area contributed by atoms with Crippen LogP contribution in [0, 0.1) is 5.82 Å². The van der Waals surface area contributed by atoms with Crippen molar-refractivity contribution in [3.8, 4) is 0 Å². The van der Waals surface area contributed by atoms with Crippen LogP contribution in [0.4, 0.5) is 10.1 Å². The van der Waals surface area contributed by atoms with Gasteiger partial charge < -0.3 is 9.80 Å². The second kappa shape index (κ2) is 6.80. The summed E-state index contributed by atoms with van der Waals surface area (Å²) in [6, 6.07) is 8.17. The molecule has 2 aromatic rings. The summed E-state index contributed by atoms with van der Waals surface area (Å²) in [5.74, 6) is -0.325. The summed E-state index contributed by atoms with van der Waals surface area (Å²) in [5.41, 5.74) is 0.833. The fourth-order valence-electron chi connectivity index (χ4n) is 2.57. The van der Waals surface area contributed by atoms with Crippen LogP contribution in [0.1, 0.15) is 19.3 Å². The number of anilines is 1. The van der Waals surface area contributed by atoms with Crippen LogP contribution in [-0.4, -0.2) is 43.3 Å².